The maximum Gasteiger partial charge on any atom is 0.263 e. The highest BCUT2D eigenvalue weighted by molar-refractivity contribution is 7.13. The maximum atomic E-state index is 12.0. The number of anilines is 1. The van der Waals surface area contributed by atoms with E-state index in [-0.39, 0.29) is 5.57 Å². The van der Waals surface area contributed by atoms with E-state index >= 15 is 0 Å². The summed E-state index contributed by atoms with van der Waals surface area (Å²) in [4.78, 5) is 16.2. The summed E-state index contributed by atoms with van der Waals surface area (Å²) in [5, 5.41) is 17.2. The molecule has 2 N–H and O–H groups in total. The van der Waals surface area contributed by atoms with Gasteiger partial charge < -0.3 is 15.4 Å². The number of carbonyl (C=O) groups excluding carboxylic acids is 1. The van der Waals surface area contributed by atoms with Crippen LogP contribution >= 0.6 is 11.3 Å². The summed E-state index contributed by atoms with van der Waals surface area (Å²) in [5.41, 5.74) is 1.79. The van der Waals surface area contributed by atoms with Gasteiger partial charge in [-0.05, 0) is 24.6 Å². The lowest BCUT2D eigenvalue weighted by molar-refractivity contribution is -0.117. The Labute approximate surface area is 138 Å². The topological polar surface area (TPSA) is 87.0 Å². The average Bonchev–Trinajstić information content (AvgIpc) is 2.99. The number of amides is 1. The molecular formula is C16H16N4O2S. The van der Waals surface area contributed by atoms with E-state index in [1.54, 1.807) is 7.11 Å². The molecule has 0 saturated carbocycles. The molecule has 2 aromatic rings. The summed E-state index contributed by atoms with van der Waals surface area (Å²) in [6, 6.07) is 9.21. The van der Waals surface area contributed by atoms with Gasteiger partial charge in [0.15, 0.2) is 5.13 Å². The van der Waals surface area contributed by atoms with Crippen molar-refractivity contribution < 1.29 is 9.53 Å². The monoisotopic (exact) mass is 328 g/mol. The lowest BCUT2D eigenvalue weighted by Gasteiger charge is -2.06. The minimum absolute atomic E-state index is 0.00800. The molecule has 0 spiro atoms. The summed E-state index contributed by atoms with van der Waals surface area (Å²) >= 11 is 1.41. The Morgan fingerprint density at radius 1 is 1.43 bits per heavy atom. The lowest BCUT2D eigenvalue weighted by Crippen LogP contribution is -2.24. The molecule has 1 aromatic carbocycles. The molecule has 0 bridgehead atoms. The first-order chi connectivity index (χ1) is 11.1. The van der Waals surface area contributed by atoms with Crippen LogP contribution in [0, 0.1) is 18.3 Å². The van der Waals surface area contributed by atoms with Crippen LogP contribution in [0.25, 0.3) is 0 Å². The molecule has 118 valence electrons. The fourth-order valence-electron chi connectivity index (χ4n) is 1.72. The van der Waals surface area contributed by atoms with Gasteiger partial charge >= 0.3 is 0 Å². The Bertz CT molecular complexity index is 744. The van der Waals surface area contributed by atoms with Crippen LogP contribution in [-0.2, 0) is 11.3 Å². The van der Waals surface area contributed by atoms with Crippen molar-refractivity contribution in [1.82, 2.24) is 10.3 Å². The average molecular weight is 328 g/mol. The van der Waals surface area contributed by atoms with E-state index < -0.39 is 5.91 Å². The molecule has 6 nitrogen and oxygen atoms in total. The second-order valence-electron chi connectivity index (χ2n) is 4.64. The molecule has 0 aliphatic rings. The number of rotatable bonds is 6. The first-order valence-corrected chi connectivity index (χ1v) is 7.70. The van der Waals surface area contributed by atoms with Crippen LogP contribution in [-0.4, -0.2) is 18.0 Å². The Kier molecular flexibility index (Phi) is 5.72. The predicted molar refractivity (Wildman–Crippen MR) is 89.0 cm³/mol. The molecule has 0 atom stereocenters. The number of aromatic nitrogens is 1. The molecule has 0 unspecified atom stereocenters. The van der Waals surface area contributed by atoms with Gasteiger partial charge in [0.05, 0.1) is 12.8 Å². The Morgan fingerprint density at radius 2 is 2.17 bits per heavy atom. The van der Waals surface area contributed by atoms with Crippen LogP contribution in [0.3, 0.4) is 0 Å². The van der Waals surface area contributed by atoms with Crippen molar-refractivity contribution in [2.45, 2.75) is 13.5 Å². The number of thiazole rings is 1. The number of carbonyl (C=O) groups is 1. The minimum Gasteiger partial charge on any atom is -0.497 e. The number of nitrogens with zero attached hydrogens (tertiary/aromatic N) is 2. The number of hydrogen-bond acceptors (Lipinski definition) is 6. The molecule has 1 heterocycles. The summed E-state index contributed by atoms with van der Waals surface area (Å²) < 4.78 is 5.07. The number of ether oxygens (including phenoxy) is 1. The highest BCUT2D eigenvalue weighted by Crippen LogP contribution is 2.15. The smallest absolute Gasteiger partial charge is 0.263 e. The van der Waals surface area contributed by atoms with E-state index in [1.165, 1.54) is 17.5 Å². The molecule has 1 amide bonds. The number of benzene rings is 1. The van der Waals surface area contributed by atoms with E-state index in [1.807, 2.05) is 42.6 Å². The molecule has 7 heteroatoms. The fourth-order valence-corrected chi connectivity index (χ4v) is 2.38. The highest BCUT2D eigenvalue weighted by atomic mass is 32.1. The number of aryl methyl sites for hydroxylation is 1. The van der Waals surface area contributed by atoms with Gasteiger partial charge in [-0.3, -0.25) is 4.79 Å². The van der Waals surface area contributed by atoms with Crippen molar-refractivity contribution in [3.63, 3.8) is 0 Å². The molecule has 0 radical (unpaired) electrons. The lowest BCUT2D eigenvalue weighted by atomic mass is 10.2. The van der Waals surface area contributed by atoms with Crippen molar-refractivity contribution in [2.75, 3.05) is 12.4 Å². The molecule has 0 aliphatic heterocycles. The molecule has 0 aliphatic carbocycles. The summed E-state index contributed by atoms with van der Waals surface area (Å²) in [5.74, 6) is 0.310. The van der Waals surface area contributed by atoms with Gasteiger partial charge in [0.1, 0.15) is 17.4 Å². The molecule has 2 rings (SSSR count). The van der Waals surface area contributed by atoms with Crippen LogP contribution in [0.1, 0.15) is 11.3 Å². The normalized spacial score (nSPS) is 10.7. The van der Waals surface area contributed by atoms with Gasteiger partial charge in [0.2, 0.25) is 0 Å². The number of methoxy groups -OCH3 is 1. The molecule has 1 aromatic heterocycles. The number of nitrogens with one attached hydrogen (secondary N) is 2. The second-order valence-corrected chi connectivity index (χ2v) is 5.50. The SMILES string of the molecule is COc1ccc(CNC(=O)/C(C#N)=C\Nc2nc(C)cs2)cc1. The predicted octanol–water partition coefficient (Wildman–Crippen LogP) is 2.60. The Balaban J connectivity index is 1.92. The fraction of sp³-hybridized carbons (Fsp3) is 0.188. The minimum atomic E-state index is -0.441. The van der Waals surface area contributed by atoms with Crippen LogP contribution in [0.5, 0.6) is 5.75 Å². The third-order valence-electron chi connectivity index (χ3n) is 2.94. The zero-order valence-electron chi connectivity index (χ0n) is 12.8. The summed E-state index contributed by atoms with van der Waals surface area (Å²) in [6.07, 6.45) is 1.36. The first kappa shape index (κ1) is 16.5. The maximum absolute atomic E-state index is 12.0. The van der Waals surface area contributed by atoms with Crippen molar-refractivity contribution in [3.05, 3.63) is 52.7 Å². The van der Waals surface area contributed by atoms with Crippen LogP contribution in [0.15, 0.2) is 41.4 Å². The number of nitriles is 1. The quantitative estimate of drug-likeness (QED) is 0.629. The Hall–Kier alpha value is -2.85. The van der Waals surface area contributed by atoms with Crippen LogP contribution < -0.4 is 15.4 Å². The van der Waals surface area contributed by atoms with Crippen molar-refractivity contribution in [1.29, 1.82) is 5.26 Å². The van der Waals surface area contributed by atoms with E-state index in [0.29, 0.717) is 11.7 Å². The van der Waals surface area contributed by atoms with E-state index in [2.05, 4.69) is 15.6 Å². The van der Waals surface area contributed by atoms with Gasteiger partial charge in [0, 0.05) is 18.1 Å². The summed E-state index contributed by atoms with van der Waals surface area (Å²) in [7, 11) is 1.59. The third kappa shape index (κ3) is 4.83. The zero-order chi connectivity index (χ0) is 16.7. The van der Waals surface area contributed by atoms with Gasteiger partial charge in [-0.1, -0.05) is 12.1 Å². The van der Waals surface area contributed by atoms with E-state index in [9.17, 15) is 4.79 Å². The van der Waals surface area contributed by atoms with Crippen LogP contribution in [0.2, 0.25) is 0 Å². The van der Waals surface area contributed by atoms with Gasteiger partial charge in [-0.25, -0.2) is 4.98 Å². The standard InChI is InChI=1S/C16H16N4O2S/c1-11-10-23-16(20-11)19-9-13(7-17)15(21)18-8-12-3-5-14(22-2)6-4-12/h3-6,9-10H,8H2,1-2H3,(H,18,21)(H,19,20)/b13-9-. The molecule has 0 fully saturated rings. The Morgan fingerprint density at radius 3 is 2.74 bits per heavy atom. The van der Waals surface area contributed by atoms with E-state index in [0.717, 1.165) is 17.0 Å². The van der Waals surface area contributed by atoms with Crippen molar-refractivity contribution >= 4 is 22.4 Å². The van der Waals surface area contributed by atoms with Gasteiger partial charge in [-0.2, -0.15) is 5.26 Å². The molecular weight excluding hydrogens is 312 g/mol. The first-order valence-electron chi connectivity index (χ1n) is 6.82. The second kappa shape index (κ2) is 7.96. The molecule has 23 heavy (non-hydrogen) atoms. The number of hydrogen-bond donors (Lipinski definition) is 2. The summed E-state index contributed by atoms with van der Waals surface area (Å²) in [6.45, 7) is 2.20. The highest BCUT2D eigenvalue weighted by Gasteiger charge is 2.09. The van der Waals surface area contributed by atoms with E-state index in [4.69, 9.17) is 10.00 Å². The molecule has 0 saturated heterocycles. The van der Waals surface area contributed by atoms with Gasteiger partial charge in [-0.15, -0.1) is 11.3 Å². The van der Waals surface area contributed by atoms with Crippen molar-refractivity contribution in [2.24, 2.45) is 0 Å². The zero-order valence-corrected chi connectivity index (χ0v) is 13.6. The van der Waals surface area contributed by atoms with Crippen molar-refractivity contribution in [3.8, 4) is 11.8 Å². The third-order valence-corrected chi connectivity index (χ3v) is 3.83. The largest absolute Gasteiger partial charge is 0.497 e. The van der Waals surface area contributed by atoms with Gasteiger partial charge in [0.25, 0.3) is 5.91 Å². The van der Waals surface area contributed by atoms with Crippen LogP contribution in [0.4, 0.5) is 5.13 Å².